The van der Waals surface area contributed by atoms with Gasteiger partial charge in [-0.05, 0) is 49.2 Å². The number of nitrogens with one attached hydrogen (secondary N) is 1. The van der Waals surface area contributed by atoms with E-state index in [4.69, 9.17) is 4.74 Å². The van der Waals surface area contributed by atoms with E-state index in [1.165, 1.54) is 17.7 Å². The van der Waals surface area contributed by atoms with E-state index in [-0.39, 0.29) is 11.5 Å². The van der Waals surface area contributed by atoms with Crippen LogP contribution in [0.4, 0.5) is 5.69 Å². The van der Waals surface area contributed by atoms with E-state index in [9.17, 15) is 14.4 Å². The molecule has 0 saturated carbocycles. The van der Waals surface area contributed by atoms with Gasteiger partial charge in [0.2, 0.25) is 0 Å². The number of carbonyl (C=O) groups is 2. The molecule has 0 saturated heterocycles. The second-order valence-corrected chi connectivity index (χ2v) is 8.15. The SMILES string of the molecule is CCOC(=O)c1ccc(NC(=O)c2sc3ncn(Cc4ccccc4)c(=O)c3c2C)cc1. The Bertz CT molecular complexity index is 1340. The molecule has 1 amide bonds. The van der Waals surface area contributed by atoms with Crippen molar-refractivity contribution in [2.75, 3.05) is 11.9 Å². The molecule has 2 aromatic carbocycles. The first-order chi connectivity index (χ1) is 15.5. The summed E-state index contributed by atoms with van der Waals surface area (Å²) in [5, 5.41) is 3.27. The first-order valence-electron chi connectivity index (χ1n) is 10.1. The van der Waals surface area contributed by atoms with E-state index in [0.717, 1.165) is 5.56 Å². The van der Waals surface area contributed by atoms with Gasteiger partial charge in [-0.2, -0.15) is 0 Å². The van der Waals surface area contributed by atoms with Gasteiger partial charge in [0.05, 0.1) is 35.3 Å². The number of rotatable bonds is 6. The molecule has 0 radical (unpaired) electrons. The number of hydrogen-bond acceptors (Lipinski definition) is 6. The quantitative estimate of drug-likeness (QED) is 0.447. The Hall–Kier alpha value is -3.78. The second-order valence-electron chi connectivity index (χ2n) is 7.15. The zero-order valence-electron chi connectivity index (χ0n) is 17.6. The minimum atomic E-state index is -0.413. The number of aromatic nitrogens is 2. The standard InChI is InChI=1S/C24H21N3O4S/c1-3-31-24(30)17-9-11-18(12-10-17)26-21(28)20-15(2)19-22(32-20)25-14-27(23(19)29)13-16-7-5-4-6-8-16/h4-12,14H,3,13H2,1-2H3,(H,26,28). The number of aryl methyl sites for hydroxylation is 1. The fourth-order valence-electron chi connectivity index (χ4n) is 3.36. The number of nitrogens with zero attached hydrogens (tertiary/aromatic N) is 2. The molecule has 2 aromatic heterocycles. The van der Waals surface area contributed by atoms with Crippen molar-refractivity contribution in [3.8, 4) is 0 Å². The molecule has 32 heavy (non-hydrogen) atoms. The molecule has 4 rings (SSSR count). The fraction of sp³-hybridized carbons (Fsp3) is 0.167. The lowest BCUT2D eigenvalue weighted by molar-refractivity contribution is 0.0526. The van der Waals surface area contributed by atoms with Crippen LogP contribution in [0.15, 0.2) is 65.7 Å². The van der Waals surface area contributed by atoms with Crippen molar-refractivity contribution in [3.63, 3.8) is 0 Å². The van der Waals surface area contributed by atoms with Gasteiger partial charge in [-0.15, -0.1) is 11.3 Å². The second kappa shape index (κ2) is 9.15. The molecule has 1 N–H and O–H groups in total. The van der Waals surface area contributed by atoms with Gasteiger partial charge in [0, 0.05) is 5.69 Å². The van der Waals surface area contributed by atoms with Crippen molar-refractivity contribution in [1.82, 2.24) is 9.55 Å². The van der Waals surface area contributed by atoms with E-state index in [1.807, 2.05) is 30.3 Å². The number of ether oxygens (including phenoxy) is 1. The molecule has 0 aliphatic heterocycles. The molecular weight excluding hydrogens is 426 g/mol. The van der Waals surface area contributed by atoms with Gasteiger partial charge in [-0.3, -0.25) is 14.2 Å². The summed E-state index contributed by atoms with van der Waals surface area (Å²) in [4.78, 5) is 43.1. The summed E-state index contributed by atoms with van der Waals surface area (Å²) < 4.78 is 6.51. The maximum Gasteiger partial charge on any atom is 0.338 e. The van der Waals surface area contributed by atoms with Crippen LogP contribution < -0.4 is 10.9 Å². The van der Waals surface area contributed by atoms with Crippen LogP contribution in [0, 0.1) is 6.92 Å². The predicted octanol–water partition coefficient (Wildman–Crippen LogP) is 4.24. The van der Waals surface area contributed by atoms with Crippen LogP contribution in [-0.2, 0) is 11.3 Å². The lowest BCUT2D eigenvalue weighted by atomic mass is 10.2. The number of benzene rings is 2. The van der Waals surface area contributed by atoms with Gasteiger partial charge in [-0.1, -0.05) is 30.3 Å². The molecule has 0 aliphatic carbocycles. The summed E-state index contributed by atoms with van der Waals surface area (Å²) in [5.41, 5.74) is 2.37. The van der Waals surface area contributed by atoms with E-state index in [2.05, 4.69) is 10.3 Å². The number of thiophene rings is 1. The number of carbonyl (C=O) groups excluding carboxylic acids is 2. The number of fused-ring (bicyclic) bond motifs is 1. The first kappa shape index (κ1) is 21.5. The summed E-state index contributed by atoms with van der Waals surface area (Å²) in [7, 11) is 0. The lowest BCUT2D eigenvalue weighted by Crippen LogP contribution is -2.21. The molecule has 4 aromatic rings. The van der Waals surface area contributed by atoms with Crippen LogP contribution in [0.5, 0.6) is 0 Å². The molecule has 0 atom stereocenters. The van der Waals surface area contributed by atoms with Gasteiger partial charge in [0.1, 0.15) is 4.83 Å². The average molecular weight is 448 g/mol. The van der Waals surface area contributed by atoms with Crippen molar-refractivity contribution >= 4 is 39.1 Å². The first-order valence-corrected chi connectivity index (χ1v) is 10.9. The third kappa shape index (κ3) is 4.31. The monoisotopic (exact) mass is 447 g/mol. The number of esters is 1. The number of anilines is 1. The summed E-state index contributed by atoms with van der Waals surface area (Å²) in [6.07, 6.45) is 1.52. The predicted molar refractivity (Wildman–Crippen MR) is 125 cm³/mol. The van der Waals surface area contributed by atoms with Crippen LogP contribution in [0.25, 0.3) is 10.2 Å². The Balaban J connectivity index is 1.58. The fourth-order valence-corrected chi connectivity index (χ4v) is 4.39. The maximum absolute atomic E-state index is 13.1. The van der Waals surface area contributed by atoms with Crippen molar-refractivity contribution in [3.05, 3.63) is 92.8 Å². The normalized spacial score (nSPS) is 10.8. The molecule has 8 heteroatoms. The molecule has 0 bridgehead atoms. The van der Waals surface area contributed by atoms with Crippen LogP contribution in [0.3, 0.4) is 0 Å². The molecule has 2 heterocycles. The summed E-state index contributed by atoms with van der Waals surface area (Å²) in [6, 6.07) is 16.1. The third-order valence-corrected chi connectivity index (χ3v) is 6.17. The molecular formula is C24H21N3O4S. The molecule has 162 valence electrons. The Kier molecular flexibility index (Phi) is 6.13. The van der Waals surface area contributed by atoms with Gasteiger partial charge >= 0.3 is 5.97 Å². The van der Waals surface area contributed by atoms with Gasteiger partial charge < -0.3 is 10.1 Å². The van der Waals surface area contributed by atoms with Gasteiger partial charge in [-0.25, -0.2) is 9.78 Å². The smallest absolute Gasteiger partial charge is 0.338 e. The van der Waals surface area contributed by atoms with Crippen LogP contribution in [0.1, 0.15) is 38.1 Å². The van der Waals surface area contributed by atoms with Crippen LogP contribution in [0.2, 0.25) is 0 Å². The summed E-state index contributed by atoms with van der Waals surface area (Å²) in [5.74, 6) is -0.744. The third-order valence-electron chi connectivity index (χ3n) is 4.97. The Morgan fingerprint density at radius 1 is 1.09 bits per heavy atom. The van der Waals surface area contributed by atoms with Crippen molar-refractivity contribution in [2.24, 2.45) is 0 Å². The molecule has 0 fully saturated rings. The Morgan fingerprint density at radius 3 is 2.50 bits per heavy atom. The van der Waals surface area contributed by atoms with Crippen molar-refractivity contribution < 1.29 is 14.3 Å². The topological polar surface area (TPSA) is 90.3 Å². The highest BCUT2D eigenvalue weighted by molar-refractivity contribution is 7.20. The largest absolute Gasteiger partial charge is 0.462 e. The van der Waals surface area contributed by atoms with Crippen LogP contribution in [-0.4, -0.2) is 28.0 Å². The Morgan fingerprint density at radius 2 is 1.81 bits per heavy atom. The number of hydrogen-bond donors (Lipinski definition) is 1. The van der Waals surface area contributed by atoms with E-state index in [0.29, 0.717) is 45.1 Å². The Labute approximate surface area is 188 Å². The lowest BCUT2D eigenvalue weighted by Gasteiger charge is -2.06. The minimum Gasteiger partial charge on any atom is -0.462 e. The van der Waals surface area contributed by atoms with Gasteiger partial charge in [0.15, 0.2) is 0 Å². The van der Waals surface area contributed by atoms with Crippen molar-refractivity contribution in [2.45, 2.75) is 20.4 Å². The molecule has 7 nitrogen and oxygen atoms in total. The van der Waals surface area contributed by atoms with Crippen molar-refractivity contribution in [1.29, 1.82) is 0 Å². The number of amides is 1. The zero-order chi connectivity index (χ0) is 22.7. The van der Waals surface area contributed by atoms with E-state index < -0.39 is 5.97 Å². The molecule has 0 aliphatic rings. The van der Waals surface area contributed by atoms with Crippen LogP contribution >= 0.6 is 11.3 Å². The van der Waals surface area contributed by atoms with Gasteiger partial charge in [0.25, 0.3) is 11.5 Å². The highest BCUT2D eigenvalue weighted by Crippen LogP contribution is 2.27. The highest BCUT2D eigenvalue weighted by Gasteiger charge is 2.20. The average Bonchev–Trinajstić information content (AvgIpc) is 3.14. The minimum absolute atomic E-state index is 0.176. The maximum atomic E-state index is 13.1. The summed E-state index contributed by atoms with van der Waals surface area (Å²) in [6.45, 7) is 4.20. The molecule has 0 spiro atoms. The highest BCUT2D eigenvalue weighted by atomic mass is 32.1. The summed E-state index contributed by atoms with van der Waals surface area (Å²) >= 11 is 1.18. The van der Waals surface area contributed by atoms with E-state index >= 15 is 0 Å². The van der Waals surface area contributed by atoms with E-state index in [1.54, 1.807) is 42.7 Å². The zero-order valence-corrected chi connectivity index (χ0v) is 18.4. The molecule has 0 unspecified atom stereocenters.